The van der Waals surface area contributed by atoms with E-state index in [0.717, 1.165) is 29.4 Å². The molecule has 0 amide bonds. The summed E-state index contributed by atoms with van der Waals surface area (Å²) in [7, 11) is 0. The Morgan fingerprint density at radius 1 is 1.14 bits per heavy atom. The standard InChI is InChI=1S/C16H16N4O/c1-2-6-12-11(5-1)8-10-18-14(12)15-19-16(21-20-15)13-7-3-4-9-17-13/h1-2,5-6,8,10,13,17H,3-4,7,9H2/t13-/m0/s1. The van der Waals surface area contributed by atoms with Gasteiger partial charge >= 0.3 is 0 Å². The van der Waals surface area contributed by atoms with E-state index < -0.39 is 0 Å². The number of piperidine rings is 1. The Hall–Kier alpha value is -2.27. The van der Waals surface area contributed by atoms with Crippen LogP contribution < -0.4 is 5.32 Å². The minimum absolute atomic E-state index is 0.176. The fourth-order valence-electron chi connectivity index (χ4n) is 2.83. The van der Waals surface area contributed by atoms with E-state index in [1.165, 1.54) is 12.8 Å². The normalized spacial score (nSPS) is 19.0. The van der Waals surface area contributed by atoms with Crippen molar-refractivity contribution < 1.29 is 4.52 Å². The second-order valence-corrected chi connectivity index (χ2v) is 5.34. The fourth-order valence-corrected chi connectivity index (χ4v) is 2.83. The van der Waals surface area contributed by atoms with Crippen LogP contribution in [0.2, 0.25) is 0 Å². The summed E-state index contributed by atoms with van der Waals surface area (Å²) in [5.74, 6) is 1.23. The van der Waals surface area contributed by atoms with Crippen LogP contribution in [-0.2, 0) is 0 Å². The Balaban J connectivity index is 1.74. The molecule has 0 spiro atoms. The monoisotopic (exact) mass is 280 g/mol. The maximum Gasteiger partial charge on any atom is 0.244 e. The van der Waals surface area contributed by atoms with Gasteiger partial charge in [-0.05, 0) is 30.8 Å². The molecule has 1 aliphatic rings. The molecule has 1 saturated heterocycles. The summed E-state index contributed by atoms with van der Waals surface area (Å²) in [6.45, 7) is 1.01. The summed E-state index contributed by atoms with van der Waals surface area (Å²) in [4.78, 5) is 8.98. The van der Waals surface area contributed by atoms with E-state index in [9.17, 15) is 0 Å². The molecule has 1 atom stereocenters. The minimum Gasteiger partial charge on any atom is -0.337 e. The van der Waals surface area contributed by atoms with E-state index in [0.29, 0.717) is 11.7 Å². The molecule has 3 heterocycles. The zero-order chi connectivity index (χ0) is 14.1. The van der Waals surface area contributed by atoms with Gasteiger partial charge in [-0.25, -0.2) is 0 Å². The average molecular weight is 280 g/mol. The van der Waals surface area contributed by atoms with E-state index in [4.69, 9.17) is 4.52 Å². The third-order valence-electron chi connectivity index (χ3n) is 3.94. The van der Waals surface area contributed by atoms with Crippen LogP contribution in [0.15, 0.2) is 41.1 Å². The Morgan fingerprint density at radius 3 is 3.00 bits per heavy atom. The molecule has 0 unspecified atom stereocenters. The molecule has 2 aromatic heterocycles. The first kappa shape index (κ1) is 12.5. The van der Waals surface area contributed by atoms with Gasteiger partial charge in [-0.1, -0.05) is 35.8 Å². The first-order chi connectivity index (χ1) is 10.4. The molecule has 0 aliphatic carbocycles. The summed E-state index contributed by atoms with van der Waals surface area (Å²) in [5, 5.41) is 9.72. The van der Waals surface area contributed by atoms with Gasteiger partial charge in [-0.15, -0.1) is 0 Å². The molecule has 106 valence electrons. The fraction of sp³-hybridized carbons (Fsp3) is 0.312. The zero-order valence-electron chi connectivity index (χ0n) is 11.6. The second kappa shape index (κ2) is 5.26. The molecule has 4 rings (SSSR count). The molecule has 3 aromatic rings. The van der Waals surface area contributed by atoms with Gasteiger partial charge < -0.3 is 9.84 Å². The summed E-state index contributed by atoms with van der Waals surface area (Å²) < 4.78 is 5.44. The lowest BCUT2D eigenvalue weighted by Gasteiger charge is -2.19. The number of hydrogen-bond acceptors (Lipinski definition) is 5. The van der Waals surface area contributed by atoms with Crippen molar-refractivity contribution in [2.24, 2.45) is 0 Å². The second-order valence-electron chi connectivity index (χ2n) is 5.34. The van der Waals surface area contributed by atoms with Crippen molar-refractivity contribution in [2.75, 3.05) is 6.54 Å². The van der Waals surface area contributed by atoms with Crippen molar-refractivity contribution >= 4 is 10.8 Å². The van der Waals surface area contributed by atoms with Gasteiger partial charge in [0, 0.05) is 11.6 Å². The van der Waals surface area contributed by atoms with E-state index in [-0.39, 0.29) is 6.04 Å². The summed E-state index contributed by atoms with van der Waals surface area (Å²) in [6.07, 6.45) is 5.24. The lowest BCUT2D eigenvalue weighted by atomic mass is 10.1. The highest BCUT2D eigenvalue weighted by molar-refractivity contribution is 5.92. The Bertz CT molecular complexity index is 756. The van der Waals surface area contributed by atoms with Gasteiger partial charge in [-0.2, -0.15) is 4.98 Å². The average Bonchev–Trinajstić information content (AvgIpc) is 3.05. The SMILES string of the molecule is c1ccc2c(-c3noc([C@@H]4CCCCN4)n3)nccc2c1. The number of fused-ring (bicyclic) bond motifs is 1. The quantitative estimate of drug-likeness (QED) is 0.781. The third kappa shape index (κ3) is 2.29. The van der Waals surface area contributed by atoms with Crippen molar-refractivity contribution in [2.45, 2.75) is 25.3 Å². The molecular formula is C16H16N4O. The van der Waals surface area contributed by atoms with Crippen molar-refractivity contribution in [1.82, 2.24) is 20.4 Å². The number of pyridine rings is 1. The van der Waals surface area contributed by atoms with Crippen molar-refractivity contribution in [1.29, 1.82) is 0 Å². The predicted octanol–water partition coefficient (Wildman–Crippen LogP) is 3.10. The predicted molar refractivity (Wildman–Crippen MR) is 79.6 cm³/mol. The van der Waals surface area contributed by atoms with E-state index in [1.54, 1.807) is 6.20 Å². The Labute approximate surface area is 122 Å². The van der Waals surface area contributed by atoms with Crippen LogP contribution in [0.1, 0.15) is 31.2 Å². The highest BCUT2D eigenvalue weighted by Crippen LogP contribution is 2.27. The van der Waals surface area contributed by atoms with Crippen molar-refractivity contribution in [3.05, 3.63) is 42.4 Å². The van der Waals surface area contributed by atoms with Crippen LogP contribution in [0, 0.1) is 0 Å². The van der Waals surface area contributed by atoms with Gasteiger partial charge in [0.25, 0.3) is 0 Å². The molecule has 5 heteroatoms. The summed E-state index contributed by atoms with van der Waals surface area (Å²) in [6, 6.07) is 10.3. The number of hydrogen-bond donors (Lipinski definition) is 1. The first-order valence-corrected chi connectivity index (χ1v) is 7.33. The lowest BCUT2D eigenvalue weighted by Crippen LogP contribution is -2.26. The van der Waals surface area contributed by atoms with Gasteiger partial charge in [-0.3, -0.25) is 4.98 Å². The molecular weight excluding hydrogens is 264 g/mol. The van der Waals surface area contributed by atoms with Crippen LogP contribution in [0.5, 0.6) is 0 Å². The molecule has 1 aliphatic heterocycles. The van der Waals surface area contributed by atoms with E-state index in [1.807, 2.05) is 24.3 Å². The van der Waals surface area contributed by atoms with Gasteiger partial charge in [0.1, 0.15) is 5.69 Å². The summed E-state index contributed by atoms with van der Waals surface area (Å²) >= 11 is 0. The lowest BCUT2D eigenvalue weighted by molar-refractivity contribution is 0.297. The molecule has 1 fully saturated rings. The largest absolute Gasteiger partial charge is 0.337 e. The Kier molecular flexibility index (Phi) is 3.12. The van der Waals surface area contributed by atoms with Crippen LogP contribution in [0.3, 0.4) is 0 Å². The van der Waals surface area contributed by atoms with Gasteiger partial charge in [0.2, 0.25) is 11.7 Å². The number of aromatic nitrogens is 3. The van der Waals surface area contributed by atoms with Crippen molar-refractivity contribution in [3.63, 3.8) is 0 Å². The molecule has 0 saturated carbocycles. The highest BCUT2D eigenvalue weighted by Gasteiger charge is 2.22. The van der Waals surface area contributed by atoms with E-state index in [2.05, 4.69) is 26.5 Å². The molecule has 0 bridgehead atoms. The van der Waals surface area contributed by atoms with Crippen molar-refractivity contribution in [3.8, 4) is 11.5 Å². The molecule has 1 N–H and O–H groups in total. The van der Waals surface area contributed by atoms with Crippen LogP contribution in [0.4, 0.5) is 0 Å². The number of nitrogens with one attached hydrogen (secondary N) is 1. The first-order valence-electron chi connectivity index (χ1n) is 7.33. The van der Waals surface area contributed by atoms with Gasteiger partial charge in [0.05, 0.1) is 6.04 Å². The van der Waals surface area contributed by atoms with Crippen LogP contribution in [0.25, 0.3) is 22.3 Å². The third-order valence-corrected chi connectivity index (χ3v) is 3.94. The van der Waals surface area contributed by atoms with Crippen LogP contribution >= 0.6 is 0 Å². The molecule has 1 aromatic carbocycles. The Morgan fingerprint density at radius 2 is 2.10 bits per heavy atom. The summed E-state index contributed by atoms with van der Waals surface area (Å²) in [5.41, 5.74) is 0.777. The smallest absolute Gasteiger partial charge is 0.244 e. The highest BCUT2D eigenvalue weighted by atomic mass is 16.5. The maximum atomic E-state index is 5.44. The van der Waals surface area contributed by atoms with Gasteiger partial charge in [0.15, 0.2) is 0 Å². The van der Waals surface area contributed by atoms with E-state index >= 15 is 0 Å². The maximum absolute atomic E-state index is 5.44. The molecule has 5 nitrogen and oxygen atoms in total. The molecule has 0 radical (unpaired) electrons. The topological polar surface area (TPSA) is 63.8 Å². The zero-order valence-corrected chi connectivity index (χ0v) is 11.6. The van der Waals surface area contributed by atoms with Crippen LogP contribution in [-0.4, -0.2) is 21.7 Å². The number of benzene rings is 1. The molecule has 21 heavy (non-hydrogen) atoms. The number of rotatable bonds is 2. The minimum atomic E-state index is 0.176. The number of nitrogens with zero attached hydrogens (tertiary/aromatic N) is 3.